The molecule has 0 heterocycles. The van der Waals surface area contributed by atoms with Crippen molar-refractivity contribution in [2.75, 3.05) is 6.54 Å². The number of hydrogen-bond acceptors (Lipinski definition) is 3. The Kier molecular flexibility index (Phi) is 5.88. The molecule has 0 saturated heterocycles. The minimum absolute atomic E-state index is 0.148. The Labute approximate surface area is 139 Å². The van der Waals surface area contributed by atoms with Crippen LogP contribution in [0.5, 0.6) is 0 Å². The van der Waals surface area contributed by atoms with E-state index >= 15 is 0 Å². The number of halogens is 1. The highest BCUT2D eigenvalue weighted by molar-refractivity contribution is 6.30. The quantitative estimate of drug-likeness (QED) is 0.653. The van der Waals surface area contributed by atoms with E-state index in [4.69, 9.17) is 11.6 Å². The first-order valence-electron chi connectivity index (χ1n) is 6.97. The van der Waals surface area contributed by atoms with Gasteiger partial charge >= 0.3 is 0 Å². The molecule has 2 amide bonds. The minimum Gasteiger partial charge on any atom is -0.343 e. The molecule has 2 N–H and O–H groups in total. The Morgan fingerprint density at radius 2 is 1.74 bits per heavy atom. The number of carbonyl (C=O) groups is 2. The number of hydrazone groups is 1. The maximum Gasteiger partial charge on any atom is 0.259 e. The van der Waals surface area contributed by atoms with E-state index in [1.54, 1.807) is 36.4 Å². The molecule has 0 aliphatic heterocycles. The van der Waals surface area contributed by atoms with Gasteiger partial charge in [-0.15, -0.1) is 0 Å². The van der Waals surface area contributed by atoms with E-state index in [1.165, 1.54) is 6.21 Å². The third kappa shape index (κ3) is 5.56. The molecule has 6 heteroatoms. The number of rotatable bonds is 5. The number of nitrogens with one attached hydrogen (secondary N) is 2. The molecule has 118 valence electrons. The fraction of sp³-hybridized carbons (Fsp3) is 0.118. The molecule has 0 spiro atoms. The van der Waals surface area contributed by atoms with Gasteiger partial charge in [0.15, 0.2) is 0 Å². The molecular weight excluding hydrogens is 314 g/mol. The van der Waals surface area contributed by atoms with E-state index in [9.17, 15) is 9.59 Å². The predicted octanol–water partition coefficient (Wildman–Crippen LogP) is 2.53. The third-order valence-electron chi connectivity index (χ3n) is 3.00. The Hall–Kier alpha value is -2.66. The van der Waals surface area contributed by atoms with Gasteiger partial charge in [-0.05, 0) is 36.8 Å². The first kappa shape index (κ1) is 16.7. The molecule has 0 aliphatic rings. The standard InChI is InChI=1S/C17H16ClN3O2/c1-12-2-6-14(7-3-12)17(23)19-11-16(22)21-20-10-13-4-8-15(18)9-5-13/h2-10H,11H2,1H3,(H,19,23)(H,21,22)/b20-10+. The molecule has 0 radical (unpaired) electrons. The van der Waals surface area contributed by atoms with Gasteiger partial charge in [0, 0.05) is 10.6 Å². The van der Waals surface area contributed by atoms with E-state index in [0.29, 0.717) is 10.6 Å². The maximum absolute atomic E-state index is 11.8. The third-order valence-corrected chi connectivity index (χ3v) is 3.25. The van der Waals surface area contributed by atoms with Crippen LogP contribution in [0.25, 0.3) is 0 Å². The highest BCUT2D eigenvalue weighted by Crippen LogP contribution is 2.07. The smallest absolute Gasteiger partial charge is 0.259 e. The van der Waals surface area contributed by atoms with Crippen molar-refractivity contribution >= 4 is 29.6 Å². The zero-order chi connectivity index (χ0) is 16.7. The molecule has 5 nitrogen and oxygen atoms in total. The summed E-state index contributed by atoms with van der Waals surface area (Å²) in [5, 5.41) is 6.98. The molecule has 0 bridgehead atoms. The van der Waals surface area contributed by atoms with Crippen LogP contribution in [0, 0.1) is 6.92 Å². The lowest BCUT2D eigenvalue weighted by molar-refractivity contribution is -0.120. The molecule has 0 atom stereocenters. The molecule has 0 fully saturated rings. The molecule has 2 aromatic carbocycles. The Morgan fingerprint density at radius 1 is 1.09 bits per heavy atom. The van der Waals surface area contributed by atoms with Crippen LogP contribution in [0.2, 0.25) is 5.02 Å². The number of nitrogens with zero attached hydrogens (tertiary/aromatic N) is 1. The summed E-state index contributed by atoms with van der Waals surface area (Å²) in [4.78, 5) is 23.5. The summed E-state index contributed by atoms with van der Waals surface area (Å²) >= 11 is 5.77. The lowest BCUT2D eigenvalue weighted by atomic mass is 10.1. The van der Waals surface area contributed by atoms with E-state index in [0.717, 1.165) is 11.1 Å². The number of aryl methyl sites for hydroxylation is 1. The molecule has 2 aromatic rings. The van der Waals surface area contributed by atoms with Crippen LogP contribution in [0.3, 0.4) is 0 Å². The second-order valence-electron chi connectivity index (χ2n) is 4.89. The van der Waals surface area contributed by atoms with Gasteiger partial charge in [0.2, 0.25) is 0 Å². The van der Waals surface area contributed by atoms with Crippen LogP contribution < -0.4 is 10.7 Å². The van der Waals surface area contributed by atoms with Gasteiger partial charge in [-0.3, -0.25) is 9.59 Å². The first-order valence-corrected chi connectivity index (χ1v) is 7.35. The average molecular weight is 330 g/mol. The van der Waals surface area contributed by atoms with Crippen LogP contribution in [0.15, 0.2) is 53.6 Å². The molecule has 0 unspecified atom stereocenters. The van der Waals surface area contributed by atoms with Gasteiger partial charge in [-0.1, -0.05) is 41.4 Å². The monoisotopic (exact) mass is 329 g/mol. The second-order valence-corrected chi connectivity index (χ2v) is 5.33. The van der Waals surface area contributed by atoms with Crippen LogP contribution in [0.4, 0.5) is 0 Å². The van der Waals surface area contributed by atoms with Gasteiger partial charge in [0.25, 0.3) is 11.8 Å². The first-order chi connectivity index (χ1) is 11.0. The van der Waals surface area contributed by atoms with Crippen LogP contribution in [-0.4, -0.2) is 24.6 Å². The largest absolute Gasteiger partial charge is 0.343 e. The molecule has 0 saturated carbocycles. The van der Waals surface area contributed by atoms with Crippen molar-refractivity contribution in [3.05, 3.63) is 70.2 Å². The minimum atomic E-state index is -0.407. The average Bonchev–Trinajstić information content (AvgIpc) is 2.55. The van der Waals surface area contributed by atoms with Gasteiger partial charge in [0.1, 0.15) is 0 Å². The van der Waals surface area contributed by atoms with Crippen LogP contribution >= 0.6 is 11.6 Å². The lowest BCUT2D eigenvalue weighted by Gasteiger charge is -2.04. The Morgan fingerprint density at radius 3 is 2.39 bits per heavy atom. The second kappa shape index (κ2) is 8.10. The van der Waals surface area contributed by atoms with Crippen molar-refractivity contribution in [3.8, 4) is 0 Å². The van der Waals surface area contributed by atoms with Crippen molar-refractivity contribution in [3.63, 3.8) is 0 Å². The summed E-state index contributed by atoms with van der Waals surface area (Å²) in [5.41, 5.74) is 4.72. The Balaban J connectivity index is 1.77. The number of carbonyl (C=O) groups excluding carboxylic acids is 2. The van der Waals surface area contributed by atoms with Crippen molar-refractivity contribution in [1.82, 2.24) is 10.7 Å². The van der Waals surface area contributed by atoms with Crippen molar-refractivity contribution in [1.29, 1.82) is 0 Å². The molecular formula is C17H16ClN3O2. The summed E-state index contributed by atoms with van der Waals surface area (Å²) in [7, 11) is 0. The van der Waals surface area contributed by atoms with Crippen molar-refractivity contribution in [2.24, 2.45) is 5.10 Å². The highest BCUT2D eigenvalue weighted by Gasteiger charge is 2.06. The van der Waals surface area contributed by atoms with E-state index in [1.807, 2.05) is 19.1 Å². The molecule has 2 rings (SSSR count). The Bertz CT molecular complexity index is 710. The van der Waals surface area contributed by atoms with Gasteiger partial charge in [0.05, 0.1) is 12.8 Å². The lowest BCUT2D eigenvalue weighted by Crippen LogP contribution is -2.34. The summed E-state index contributed by atoms with van der Waals surface area (Å²) in [6.07, 6.45) is 1.50. The van der Waals surface area contributed by atoms with Crippen LogP contribution in [0.1, 0.15) is 21.5 Å². The fourth-order valence-corrected chi connectivity index (χ4v) is 1.86. The van der Waals surface area contributed by atoms with Gasteiger partial charge in [-0.2, -0.15) is 5.10 Å². The number of hydrogen-bond donors (Lipinski definition) is 2. The van der Waals surface area contributed by atoms with Gasteiger partial charge < -0.3 is 5.32 Å². The van der Waals surface area contributed by atoms with Gasteiger partial charge in [-0.25, -0.2) is 5.43 Å². The van der Waals surface area contributed by atoms with E-state index < -0.39 is 5.91 Å². The van der Waals surface area contributed by atoms with Crippen LogP contribution in [-0.2, 0) is 4.79 Å². The fourth-order valence-electron chi connectivity index (χ4n) is 1.73. The summed E-state index contributed by atoms with van der Waals surface area (Å²) in [5.74, 6) is -0.711. The van der Waals surface area contributed by atoms with E-state index in [-0.39, 0.29) is 12.5 Å². The predicted molar refractivity (Wildman–Crippen MR) is 90.7 cm³/mol. The maximum atomic E-state index is 11.8. The number of benzene rings is 2. The zero-order valence-corrected chi connectivity index (χ0v) is 13.3. The van der Waals surface area contributed by atoms with E-state index in [2.05, 4.69) is 15.8 Å². The summed E-state index contributed by atoms with van der Waals surface area (Å²) in [6.45, 7) is 1.79. The zero-order valence-electron chi connectivity index (χ0n) is 12.5. The topological polar surface area (TPSA) is 70.6 Å². The van der Waals surface area contributed by atoms with Crippen molar-refractivity contribution in [2.45, 2.75) is 6.92 Å². The highest BCUT2D eigenvalue weighted by atomic mass is 35.5. The molecule has 23 heavy (non-hydrogen) atoms. The molecule has 0 aromatic heterocycles. The summed E-state index contributed by atoms with van der Waals surface area (Å²) < 4.78 is 0. The SMILES string of the molecule is Cc1ccc(C(=O)NCC(=O)N/N=C/c2ccc(Cl)cc2)cc1. The summed E-state index contributed by atoms with van der Waals surface area (Å²) in [6, 6.07) is 14.1. The van der Waals surface area contributed by atoms with Crippen molar-refractivity contribution < 1.29 is 9.59 Å². The molecule has 0 aliphatic carbocycles. The number of amides is 2. The normalized spacial score (nSPS) is 10.5.